The predicted molar refractivity (Wildman–Crippen MR) is 67.1 cm³/mol. The van der Waals surface area contributed by atoms with Gasteiger partial charge in [0.15, 0.2) is 0 Å². The number of hydrazine groups is 1. The zero-order valence-corrected chi connectivity index (χ0v) is 11.1. The number of amides is 3. The van der Waals surface area contributed by atoms with Crippen LogP contribution in [0.3, 0.4) is 0 Å². The Morgan fingerprint density at radius 1 is 1.47 bits per heavy atom. The molecule has 0 saturated carbocycles. The molecular weight excluding hydrogens is 270 g/mol. The number of rotatable bonds is 3. The number of thiophene rings is 1. The van der Waals surface area contributed by atoms with Gasteiger partial charge in [-0.25, -0.2) is 5.84 Å². The third-order valence-electron chi connectivity index (χ3n) is 2.76. The van der Waals surface area contributed by atoms with Gasteiger partial charge in [0, 0.05) is 4.88 Å². The van der Waals surface area contributed by atoms with Gasteiger partial charge in [-0.1, -0.05) is 0 Å². The first-order valence-corrected chi connectivity index (χ1v) is 6.35. The number of nitrogens with one attached hydrogen (secondary N) is 1. The Kier molecular flexibility index (Phi) is 3.93. The molecule has 0 radical (unpaired) electrons. The highest BCUT2D eigenvalue weighted by Gasteiger charge is 2.27. The normalized spacial score (nSPS) is 15.8. The lowest BCUT2D eigenvalue weighted by atomic mass is 10.2. The van der Waals surface area contributed by atoms with Crippen molar-refractivity contribution >= 4 is 29.1 Å². The summed E-state index contributed by atoms with van der Waals surface area (Å²) in [5, 5.41) is 0. The van der Waals surface area contributed by atoms with Gasteiger partial charge in [0.25, 0.3) is 17.7 Å². The van der Waals surface area contributed by atoms with Crippen LogP contribution in [0.15, 0.2) is 6.07 Å². The van der Waals surface area contributed by atoms with Crippen molar-refractivity contribution < 1.29 is 19.1 Å². The molecule has 19 heavy (non-hydrogen) atoms. The highest BCUT2D eigenvalue weighted by molar-refractivity contribution is 7.14. The molecule has 1 aromatic rings. The zero-order valence-electron chi connectivity index (χ0n) is 10.3. The topological polar surface area (TPSA) is 102 Å². The number of aryl methyl sites for hydroxylation is 1. The van der Waals surface area contributed by atoms with Crippen molar-refractivity contribution in [2.45, 2.75) is 13.5 Å². The largest absolute Gasteiger partial charge is 0.362 e. The fourth-order valence-electron chi connectivity index (χ4n) is 1.73. The Labute approximate surface area is 113 Å². The average molecular weight is 283 g/mol. The molecule has 102 valence electrons. The van der Waals surface area contributed by atoms with E-state index in [2.05, 4.69) is 0 Å². The first-order valence-electron chi connectivity index (χ1n) is 5.54. The van der Waals surface area contributed by atoms with E-state index in [4.69, 9.17) is 10.6 Å². The molecule has 0 bridgehead atoms. The molecule has 3 N–H and O–H groups in total. The maximum absolute atomic E-state index is 11.6. The van der Waals surface area contributed by atoms with Gasteiger partial charge in [-0.3, -0.25) is 24.7 Å². The van der Waals surface area contributed by atoms with E-state index in [0.29, 0.717) is 4.88 Å². The number of imide groups is 1. The number of nitrogens with zero attached hydrogens (tertiary/aromatic N) is 1. The molecule has 1 aromatic heterocycles. The van der Waals surface area contributed by atoms with Gasteiger partial charge in [0.2, 0.25) is 0 Å². The maximum atomic E-state index is 11.6. The van der Waals surface area contributed by atoms with E-state index in [9.17, 15) is 14.4 Å². The number of ether oxygens (including phenoxy) is 1. The van der Waals surface area contributed by atoms with Crippen LogP contribution in [0.2, 0.25) is 0 Å². The average Bonchev–Trinajstić information content (AvgIpc) is 2.74. The van der Waals surface area contributed by atoms with Crippen LogP contribution in [0.25, 0.3) is 0 Å². The number of carbonyl (C=O) groups excluding carboxylic acids is 3. The van der Waals surface area contributed by atoms with Gasteiger partial charge in [0.05, 0.1) is 11.4 Å². The summed E-state index contributed by atoms with van der Waals surface area (Å²) in [6, 6.07) is 1.64. The minimum absolute atomic E-state index is 0.0922. The highest BCUT2D eigenvalue weighted by Crippen LogP contribution is 2.23. The van der Waals surface area contributed by atoms with Gasteiger partial charge >= 0.3 is 0 Å². The fraction of sp³-hybridized carbons (Fsp3) is 0.364. The molecule has 0 atom stereocenters. The number of hydrogen-bond acceptors (Lipinski definition) is 6. The van der Waals surface area contributed by atoms with Gasteiger partial charge in [-0.2, -0.15) is 0 Å². The summed E-state index contributed by atoms with van der Waals surface area (Å²) in [5.74, 6) is 3.94. The lowest BCUT2D eigenvalue weighted by molar-refractivity contribution is -0.159. The van der Waals surface area contributed by atoms with Gasteiger partial charge in [-0.15, -0.1) is 11.3 Å². The third kappa shape index (κ3) is 2.80. The van der Waals surface area contributed by atoms with E-state index in [1.54, 1.807) is 6.07 Å². The Bertz CT molecular complexity index is 524. The second-order valence-corrected chi connectivity index (χ2v) is 5.29. The van der Waals surface area contributed by atoms with Crippen molar-refractivity contribution in [2.75, 3.05) is 13.2 Å². The quantitative estimate of drug-likeness (QED) is 0.338. The standard InChI is InChI=1S/C11H13N3O4S/c1-6-7(2-8(19-6)11(17)13-12)3-14-9(15)4-18-5-10(14)16/h2H,3-5,12H2,1H3,(H,13,17). The van der Waals surface area contributed by atoms with Crippen molar-refractivity contribution in [3.63, 3.8) is 0 Å². The van der Waals surface area contributed by atoms with Crippen molar-refractivity contribution in [1.29, 1.82) is 0 Å². The van der Waals surface area contributed by atoms with Crippen molar-refractivity contribution in [1.82, 2.24) is 10.3 Å². The maximum Gasteiger partial charge on any atom is 0.275 e. The zero-order chi connectivity index (χ0) is 14.0. The van der Waals surface area contributed by atoms with Crippen molar-refractivity contribution in [3.05, 3.63) is 21.4 Å². The lowest BCUT2D eigenvalue weighted by Crippen LogP contribution is -2.45. The molecule has 8 heteroatoms. The molecular formula is C11H13N3O4S. The molecule has 7 nitrogen and oxygen atoms in total. The molecule has 1 fully saturated rings. The van der Waals surface area contributed by atoms with Crippen molar-refractivity contribution in [3.8, 4) is 0 Å². The molecule has 1 aliphatic rings. The SMILES string of the molecule is Cc1sc(C(=O)NN)cc1CN1C(=O)COCC1=O. The van der Waals surface area contributed by atoms with Crippen LogP contribution in [0, 0.1) is 6.92 Å². The van der Waals surface area contributed by atoms with E-state index in [1.807, 2.05) is 12.3 Å². The predicted octanol–water partition coefficient (Wildman–Crippen LogP) is -0.455. The fourth-order valence-corrected chi connectivity index (χ4v) is 2.66. The minimum atomic E-state index is -0.390. The molecule has 1 aliphatic heterocycles. The van der Waals surface area contributed by atoms with Crippen LogP contribution >= 0.6 is 11.3 Å². The first-order chi connectivity index (χ1) is 9.02. The number of nitrogen functional groups attached to an aromatic ring is 1. The van der Waals surface area contributed by atoms with E-state index in [-0.39, 0.29) is 37.5 Å². The molecule has 1 saturated heterocycles. The van der Waals surface area contributed by atoms with E-state index in [1.165, 1.54) is 11.3 Å². The van der Waals surface area contributed by atoms with Gasteiger partial charge in [-0.05, 0) is 18.6 Å². The van der Waals surface area contributed by atoms with Gasteiger partial charge < -0.3 is 4.74 Å². The molecule has 2 heterocycles. The number of morpholine rings is 1. The second-order valence-electron chi connectivity index (χ2n) is 4.03. The molecule has 0 unspecified atom stereocenters. The van der Waals surface area contributed by atoms with Crippen LogP contribution in [-0.2, 0) is 20.9 Å². The minimum Gasteiger partial charge on any atom is -0.362 e. The van der Waals surface area contributed by atoms with Crippen LogP contribution < -0.4 is 11.3 Å². The number of hydrogen-bond donors (Lipinski definition) is 2. The second kappa shape index (κ2) is 5.47. The van der Waals surface area contributed by atoms with Crippen LogP contribution in [-0.4, -0.2) is 35.8 Å². The van der Waals surface area contributed by atoms with Crippen LogP contribution in [0.1, 0.15) is 20.1 Å². The summed E-state index contributed by atoms with van der Waals surface area (Å²) in [6.07, 6.45) is 0. The summed E-state index contributed by atoms with van der Waals surface area (Å²) in [4.78, 5) is 37.1. The number of carbonyl (C=O) groups is 3. The Morgan fingerprint density at radius 3 is 2.68 bits per heavy atom. The lowest BCUT2D eigenvalue weighted by Gasteiger charge is -2.24. The smallest absolute Gasteiger partial charge is 0.275 e. The molecule has 0 aromatic carbocycles. The van der Waals surface area contributed by atoms with E-state index >= 15 is 0 Å². The molecule has 3 amide bonds. The molecule has 0 spiro atoms. The van der Waals surface area contributed by atoms with Crippen LogP contribution in [0.4, 0.5) is 0 Å². The van der Waals surface area contributed by atoms with E-state index < -0.39 is 0 Å². The Balaban J connectivity index is 2.18. The highest BCUT2D eigenvalue weighted by atomic mass is 32.1. The summed E-state index contributed by atoms with van der Waals surface area (Å²) in [6.45, 7) is 1.79. The summed E-state index contributed by atoms with van der Waals surface area (Å²) in [7, 11) is 0. The number of nitrogens with two attached hydrogens (primary N) is 1. The Morgan fingerprint density at radius 2 is 2.11 bits per heavy atom. The monoisotopic (exact) mass is 283 g/mol. The summed E-state index contributed by atoms with van der Waals surface area (Å²) < 4.78 is 4.83. The van der Waals surface area contributed by atoms with Crippen LogP contribution in [0.5, 0.6) is 0 Å². The summed E-state index contributed by atoms with van der Waals surface area (Å²) >= 11 is 1.27. The third-order valence-corrected chi connectivity index (χ3v) is 3.85. The summed E-state index contributed by atoms with van der Waals surface area (Å²) in [5.41, 5.74) is 2.80. The molecule has 0 aliphatic carbocycles. The van der Waals surface area contributed by atoms with E-state index in [0.717, 1.165) is 15.3 Å². The first kappa shape index (κ1) is 13.7. The van der Waals surface area contributed by atoms with Gasteiger partial charge in [0.1, 0.15) is 13.2 Å². The molecule has 2 rings (SSSR count). The Hall–Kier alpha value is -1.77. The van der Waals surface area contributed by atoms with Crippen molar-refractivity contribution in [2.24, 2.45) is 5.84 Å².